The van der Waals surface area contributed by atoms with Gasteiger partial charge in [-0.1, -0.05) is 13.8 Å². The molecule has 0 aliphatic carbocycles. The molecule has 0 saturated heterocycles. The quantitative estimate of drug-likeness (QED) is 0.636. The van der Waals surface area contributed by atoms with Gasteiger partial charge in [0.25, 0.3) is 0 Å². The zero-order valence-corrected chi connectivity index (χ0v) is 12.6. The minimum absolute atomic E-state index is 0.0399. The van der Waals surface area contributed by atoms with Gasteiger partial charge >= 0.3 is 6.18 Å². The van der Waals surface area contributed by atoms with Crippen molar-refractivity contribution in [2.24, 2.45) is 5.92 Å². The average Bonchev–Trinajstić information content (AvgIpc) is 2.88. The minimum atomic E-state index is -4.64. The molecule has 2 aromatic heterocycles. The summed E-state index contributed by atoms with van der Waals surface area (Å²) < 4.78 is 40.1. The van der Waals surface area contributed by atoms with E-state index in [1.54, 1.807) is 6.07 Å². The molecule has 0 unspecified atom stereocenters. The number of aromatic nitrogens is 4. The zero-order chi connectivity index (χ0) is 16.3. The van der Waals surface area contributed by atoms with E-state index in [9.17, 15) is 13.2 Å². The van der Waals surface area contributed by atoms with Crippen molar-refractivity contribution in [3.8, 4) is 6.07 Å². The van der Waals surface area contributed by atoms with E-state index in [1.807, 2.05) is 13.8 Å². The lowest BCUT2D eigenvalue weighted by atomic mass is 10.3. The van der Waals surface area contributed by atoms with Gasteiger partial charge in [0.2, 0.25) is 5.82 Å². The van der Waals surface area contributed by atoms with E-state index < -0.39 is 12.0 Å². The highest BCUT2D eigenvalue weighted by atomic mass is 32.2. The summed E-state index contributed by atoms with van der Waals surface area (Å²) in [6.07, 6.45) is -1.04. The first kappa shape index (κ1) is 16.3. The number of nitrogens with zero attached hydrogens (tertiary/aromatic N) is 5. The Kier molecular flexibility index (Phi) is 4.71. The van der Waals surface area contributed by atoms with E-state index in [4.69, 9.17) is 5.26 Å². The number of rotatable bonds is 4. The monoisotopic (exact) mass is 327 g/mol. The Bertz CT molecular complexity index is 742. The van der Waals surface area contributed by atoms with Gasteiger partial charge in [-0.15, -0.1) is 22.0 Å². The van der Waals surface area contributed by atoms with Crippen molar-refractivity contribution in [3.63, 3.8) is 0 Å². The van der Waals surface area contributed by atoms with E-state index >= 15 is 0 Å². The molecule has 116 valence electrons. The number of nitriles is 1. The van der Waals surface area contributed by atoms with Gasteiger partial charge in [-0.2, -0.15) is 18.4 Å². The van der Waals surface area contributed by atoms with Gasteiger partial charge in [0.05, 0.1) is 18.0 Å². The van der Waals surface area contributed by atoms with E-state index in [0.717, 1.165) is 10.5 Å². The summed E-state index contributed by atoms with van der Waals surface area (Å²) in [4.78, 5) is 4.14. The van der Waals surface area contributed by atoms with Crippen LogP contribution >= 0.6 is 11.8 Å². The molecule has 0 atom stereocenters. The van der Waals surface area contributed by atoms with Crippen molar-refractivity contribution < 1.29 is 13.2 Å². The third kappa shape index (κ3) is 3.39. The first-order valence-electron chi connectivity index (χ1n) is 6.35. The fourth-order valence-electron chi connectivity index (χ4n) is 1.68. The van der Waals surface area contributed by atoms with Gasteiger partial charge in [0.15, 0.2) is 5.65 Å². The van der Waals surface area contributed by atoms with E-state index in [2.05, 4.69) is 15.2 Å². The van der Waals surface area contributed by atoms with Crippen LogP contribution in [0, 0.1) is 17.2 Å². The predicted octanol–water partition coefficient (Wildman–Crippen LogP) is 3.43. The normalized spacial score (nSPS) is 12.4. The summed E-state index contributed by atoms with van der Waals surface area (Å²) in [5.74, 6) is -0.0755. The average molecular weight is 327 g/mol. The van der Waals surface area contributed by atoms with Crippen LogP contribution in [0.4, 0.5) is 13.2 Å². The Balaban J connectivity index is 2.62. The standard InChI is InChI=1S/C13H12F3N5S/c1-8(2)7-22-11-10-19-20-12(13(14,15)16)21(10)9(6-18-11)4-3-5-17/h3-4,6,8H,7H2,1-2H3/b4-3+. The third-order valence-corrected chi connectivity index (χ3v) is 3.96. The van der Waals surface area contributed by atoms with Gasteiger partial charge < -0.3 is 0 Å². The molecule has 22 heavy (non-hydrogen) atoms. The zero-order valence-electron chi connectivity index (χ0n) is 11.8. The fraction of sp³-hybridized carbons (Fsp3) is 0.385. The molecule has 0 aliphatic rings. The summed E-state index contributed by atoms with van der Waals surface area (Å²) in [5, 5.41) is 15.8. The Hall–Kier alpha value is -2.08. The van der Waals surface area contributed by atoms with E-state index in [1.165, 1.54) is 24.0 Å². The number of hydrogen-bond acceptors (Lipinski definition) is 5. The Morgan fingerprint density at radius 3 is 2.73 bits per heavy atom. The number of hydrogen-bond donors (Lipinski definition) is 0. The second-order valence-electron chi connectivity index (χ2n) is 4.84. The van der Waals surface area contributed by atoms with Gasteiger partial charge in [-0.3, -0.25) is 4.40 Å². The van der Waals surface area contributed by atoms with Crippen LogP contribution in [0.1, 0.15) is 25.4 Å². The van der Waals surface area contributed by atoms with Crippen molar-refractivity contribution in [2.45, 2.75) is 25.0 Å². The van der Waals surface area contributed by atoms with Crippen molar-refractivity contribution in [3.05, 3.63) is 23.8 Å². The lowest BCUT2D eigenvalue weighted by Crippen LogP contribution is -2.12. The number of fused-ring (bicyclic) bond motifs is 1. The molecule has 2 aromatic rings. The topological polar surface area (TPSA) is 66.9 Å². The van der Waals surface area contributed by atoms with E-state index in [-0.39, 0.29) is 11.3 Å². The summed E-state index contributed by atoms with van der Waals surface area (Å²) in [6, 6.07) is 1.74. The summed E-state index contributed by atoms with van der Waals surface area (Å²) in [5.41, 5.74) is 0.140. The molecule has 0 fully saturated rings. The summed E-state index contributed by atoms with van der Waals surface area (Å²) in [6.45, 7) is 4.00. The van der Waals surface area contributed by atoms with Crippen LogP contribution in [0.2, 0.25) is 0 Å². The molecule has 9 heteroatoms. The predicted molar refractivity (Wildman–Crippen MR) is 76.0 cm³/mol. The maximum absolute atomic E-state index is 13.1. The SMILES string of the molecule is CC(C)CSc1ncc(/C=C/C#N)n2c(C(F)(F)F)nnc12. The van der Waals surface area contributed by atoms with Crippen molar-refractivity contribution >= 4 is 23.5 Å². The second-order valence-corrected chi connectivity index (χ2v) is 5.84. The smallest absolute Gasteiger partial charge is 0.268 e. The van der Waals surface area contributed by atoms with Crippen LogP contribution in [0.3, 0.4) is 0 Å². The maximum Gasteiger partial charge on any atom is 0.452 e. The van der Waals surface area contributed by atoms with Crippen molar-refractivity contribution in [2.75, 3.05) is 5.75 Å². The number of alkyl halides is 3. The largest absolute Gasteiger partial charge is 0.452 e. The molecular weight excluding hydrogens is 315 g/mol. The minimum Gasteiger partial charge on any atom is -0.268 e. The van der Waals surface area contributed by atoms with Crippen LogP contribution in [0.5, 0.6) is 0 Å². The van der Waals surface area contributed by atoms with Gasteiger partial charge in [-0.25, -0.2) is 4.98 Å². The summed E-state index contributed by atoms with van der Waals surface area (Å²) in [7, 11) is 0. The first-order chi connectivity index (χ1) is 10.3. The van der Waals surface area contributed by atoms with Crippen LogP contribution in [-0.2, 0) is 6.18 Å². The van der Waals surface area contributed by atoms with Gasteiger partial charge in [-0.05, 0) is 12.0 Å². The number of thioether (sulfide) groups is 1. The van der Waals surface area contributed by atoms with Gasteiger partial charge in [0, 0.05) is 11.8 Å². The lowest BCUT2D eigenvalue weighted by Gasteiger charge is -2.09. The molecule has 2 heterocycles. The maximum atomic E-state index is 13.1. The van der Waals surface area contributed by atoms with E-state index in [0.29, 0.717) is 16.7 Å². The second kappa shape index (κ2) is 6.36. The molecule has 0 aromatic carbocycles. The third-order valence-electron chi connectivity index (χ3n) is 2.56. The molecule has 0 aliphatic heterocycles. The molecule has 0 bridgehead atoms. The molecule has 5 nitrogen and oxygen atoms in total. The molecule has 0 spiro atoms. The highest BCUT2D eigenvalue weighted by molar-refractivity contribution is 7.99. The van der Waals surface area contributed by atoms with Gasteiger partial charge in [0.1, 0.15) is 5.03 Å². The first-order valence-corrected chi connectivity index (χ1v) is 7.33. The number of halogens is 3. The Morgan fingerprint density at radius 1 is 1.41 bits per heavy atom. The Labute approximate surface area is 128 Å². The molecule has 0 amide bonds. The van der Waals surface area contributed by atoms with Crippen LogP contribution in [0.15, 0.2) is 17.3 Å². The van der Waals surface area contributed by atoms with Crippen LogP contribution in [-0.4, -0.2) is 25.3 Å². The number of allylic oxidation sites excluding steroid dienone is 1. The molecule has 0 radical (unpaired) electrons. The highest BCUT2D eigenvalue weighted by Crippen LogP contribution is 2.31. The van der Waals surface area contributed by atoms with Crippen LogP contribution in [0.25, 0.3) is 11.7 Å². The molecular formula is C13H12F3N5S. The molecule has 2 rings (SSSR count). The van der Waals surface area contributed by atoms with Crippen molar-refractivity contribution in [1.82, 2.24) is 19.6 Å². The molecule has 0 N–H and O–H groups in total. The van der Waals surface area contributed by atoms with Crippen LogP contribution < -0.4 is 0 Å². The summed E-state index contributed by atoms with van der Waals surface area (Å²) >= 11 is 1.32. The lowest BCUT2D eigenvalue weighted by molar-refractivity contribution is -0.145. The molecule has 0 saturated carbocycles. The fourth-order valence-corrected chi connectivity index (χ4v) is 2.56. The highest BCUT2D eigenvalue weighted by Gasteiger charge is 2.38. The Morgan fingerprint density at radius 2 is 2.14 bits per heavy atom. The van der Waals surface area contributed by atoms with Crippen molar-refractivity contribution in [1.29, 1.82) is 5.26 Å².